The van der Waals surface area contributed by atoms with Gasteiger partial charge in [0.2, 0.25) is 5.91 Å². The van der Waals surface area contributed by atoms with Crippen molar-refractivity contribution in [1.82, 2.24) is 20.3 Å². The lowest BCUT2D eigenvalue weighted by Crippen LogP contribution is -2.35. The summed E-state index contributed by atoms with van der Waals surface area (Å²) in [5, 5.41) is 11.7. The van der Waals surface area contributed by atoms with Crippen molar-refractivity contribution in [2.24, 2.45) is 5.92 Å². The maximum atomic E-state index is 12.9. The molecule has 0 aliphatic heterocycles. The van der Waals surface area contributed by atoms with Crippen LogP contribution in [0.5, 0.6) is 0 Å². The highest BCUT2D eigenvalue weighted by Gasteiger charge is 2.24. The van der Waals surface area contributed by atoms with Crippen LogP contribution in [0.3, 0.4) is 0 Å². The normalized spacial score (nSPS) is 16.3. The molecule has 0 saturated carbocycles. The standard InChI is InChI=1S/C20H22N4O2S/c1-13-7-8-15-16(11-13)27-19-18(15)20(26)24(23-22-19)12-17(25)21-10-9-14-5-3-2-4-6-14/h2-6,13H,7-12H2,1H3,(H,21,25)/t13-/m0/s1. The van der Waals surface area contributed by atoms with Crippen LogP contribution in [-0.2, 0) is 30.6 Å². The summed E-state index contributed by atoms with van der Waals surface area (Å²) >= 11 is 1.57. The number of fused-ring (bicyclic) bond motifs is 3. The van der Waals surface area contributed by atoms with Crippen molar-refractivity contribution < 1.29 is 4.79 Å². The summed E-state index contributed by atoms with van der Waals surface area (Å²) in [6, 6.07) is 9.97. The van der Waals surface area contributed by atoms with Gasteiger partial charge in [-0.1, -0.05) is 42.5 Å². The smallest absolute Gasteiger partial charge is 0.279 e. The Morgan fingerprint density at radius 2 is 2.15 bits per heavy atom. The third-order valence-corrected chi connectivity index (χ3v) is 6.20. The molecule has 1 aromatic carbocycles. The summed E-state index contributed by atoms with van der Waals surface area (Å²) in [4.78, 5) is 27.0. The highest BCUT2D eigenvalue weighted by atomic mass is 32.1. The Kier molecular flexibility index (Phi) is 5.03. The van der Waals surface area contributed by atoms with E-state index in [1.165, 1.54) is 9.56 Å². The first-order valence-electron chi connectivity index (χ1n) is 9.30. The molecule has 1 aliphatic rings. The highest BCUT2D eigenvalue weighted by Crippen LogP contribution is 2.35. The predicted molar refractivity (Wildman–Crippen MR) is 106 cm³/mol. The number of thiophene rings is 1. The fraction of sp³-hybridized carbons (Fsp3) is 0.400. The van der Waals surface area contributed by atoms with Gasteiger partial charge in [0, 0.05) is 11.4 Å². The van der Waals surface area contributed by atoms with Crippen LogP contribution in [0.2, 0.25) is 0 Å². The van der Waals surface area contributed by atoms with Crippen molar-refractivity contribution >= 4 is 27.5 Å². The molecular weight excluding hydrogens is 360 g/mol. The number of aromatic nitrogens is 3. The van der Waals surface area contributed by atoms with E-state index in [1.54, 1.807) is 11.3 Å². The van der Waals surface area contributed by atoms with Crippen molar-refractivity contribution in [1.29, 1.82) is 0 Å². The van der Waals surface area contributed by atoms with Crippen LogP contribution < -0.4 is 10.9 Å². The molecule has 4 rings (SSSR count). The number of nitrogens with one attached hydrogen (secondary N) is 1. The van der Waals surface area contributed by atoms with Gasteiger partial charge in [0.1, 0.15) is 6.54 Å². The Labute approximate surface area is 161 Å². The van der Waals surface area contributed by atoms with E-state index in [0.29, 0.717) is 22.7 Å². The molecule has 0 radical (unpaired) electrons. The molecule has 0 spiro atoms. The summed E-state index contributed by atoms with van der Waals surface area (Å²) < 4.78 is 1.19. The molecule has 0 fully saturated rings. The van der Waals surface area contributed by atoms with Gasteiger partial charge in [-0.2, -0.15) is 0 Å². The number of carbonyl (C=O) groups is 1. The number of benzene rings is 1. The Morgan fingerprint density at radius 1 is 1.33 bits per heavy atom. The van der Waals surface area contributed by atoms with E-state index in [9.17, 15) is 9.59 Å². The number of amides is 1. The average Bonchev–Trinajstić information content (AvgIpc) is 3.03. The summed E-state index contributed by atoms with van der Waals surface area (Å²) in [5.74, 6) is 0.413. The van der Waals surface area contributed by atoms with Gasteiger partial charge in [0.25, 0.3) is 5.56 Å². The fourth-order valence-corrected chi connectivity index (χ4v) is 4.90. The molecule has 0 saturated heterocycles. The first kappa shape index (κ1) is 17.9. The molecule has 140 valence electrons. The number of aryl methyl sites for hydroxylation is 1. The van der Waals surface area contributed by atoms with Crippen molar-refractivity contribution in [2.75, 3.05) is 6.54 Å². The van der Waals surface area contributed by atoms with E-state index < -0.39 is 0 Å². The minimum atomic E-state index is -0.223. The lowest BCUT2D eigenvalue weighted by Gasteiger charge is -2.17. The molecule has 0 bridgehead atoms. The Bertz CT molecular complexity index is 1030. The largest absolute Gasteiger partial charge is 0.354 e. The summed E-state index contributed by atoms with van der Waals surface area (Å²) in [7, 11) is 0. The molecule has 2 aromatic heterocycles. The minimum absolute atomic E-state index is 0.0996. The predicted octanol–water partition coefficient (Wildman–Crippen LogP) is 2.34. The van der Waals surface area contributed by atoms with E-state index in [2.05, 4.69) is 22.6 Å². The van der Waals surface area contributed by atoms with Crippen LogP contribution in [0.1, 0.15) is 29.3 Å². The van der Waals surface area contributed by atoms with E-state index in [1.807, 2.05) is 30.3 Å². The fourth-order valence-electron chi connectivity index (χ4n) is 3.58. The summed E-state index contributed by atoms with van der Waals surface area (Å²) in [5.41, 5.74) is 2.08. The van der Waals surface area contributed by atoms with E-state index in [-0.39, 0.29) is 18.0 Å². The second-order valence-corrected chi connectivity index (χ2v) is 8.25. The molecule has 3 aromatic rings. The number of hydrogen-bond donors (Lipinski definition) is 1. The molecule has 1 amide bonds. The first-order valence-corrected chi connectivity index (χ1v) is 10.1. The number of nitrogens with zero attached hydrogens (tertiary/aromatic N) is 3. The Balaban J connectivity index is 1.46. The van der Waals surface area contributed by atoms with Crippen LogP contribution in [0.4, 0.5) is 0 Å². The van der Waals surface area contributed by atoms with Crippen molar-refractivity contribution in [2.45, 2.75) is 39.2 Å². The molecule has 7 heteroatoms. The van der Waals surface area contributed by atoms with Crippen LogP contribution in [-0.4, -0.2) is 27.4 Å². The average molecular weight is 382 g/mol. The molecule has 27 heavy (non-hydrogen) atoms. The van der Waals surface area contributed by atoms with Gasteiger partial charge in [0.05, 0.1) is 5.39 Å². The second kappa shape index (κ2) is 7.60. The van der Waals surface area contributed by atoms with Gasteiger partial charge in [-0.05, 0) is 42.7 Å². The highest BCUT2D eigenvalue weighted by molar-refractivity contribution is 7.18. The van der Waals surface area contributed by atoms with Crippen LogP contribution in [0.15, 0.2) is 35.1 Å². The van der Waals surface area contributed by atoms with Crippen molar-refractivity contribution in [3.63, 3.8) is 0 Å². The van der Waals surface area contributed by atoms with Crippen LogP contribution in [0, 0.1) is 5.92 Å². The van der Waals surface area contributed by atoms with E-state index in [4.69, 9.17) is 0 Å². The Morgan fingerprint density at radius 3 is 2.96 bits per heavy atom. The molecule has 1 N–H and O–H groups in total. The maximum Gasteiger partial charge on any atom is 0.279 e. The van der Waals surface area contributed by atoms with Crippen LogP contribution >= 0.6 is 11.3 Å². The maximum absolute atomic E-state index is 12.9. The lowest BCUT2D eigenvalue weighted by molar-refractivity contribution is -0.121. The second-order valence-electron chi connectivity index (χ2n) is 7.17. The Hall–Kier alpha value is -2.54. The van der Waals surface area contributed by atoms with E-state index in [0.717, 1.165) is 36.8 Å². The van der Waals surface area contributed by atoms with Crippen molar-refractivity contribution in [3.8, 4) is 0 Å². The van der Waals surface area contributed by atoms with Gasteiger partial charge in [-0.3, -0.25) is 9.59 Å². The molecule has 1 atom stereocenters. The summed E-state index contributed by atoms with van der Waals surface area (Å²) in [6.07, 6.45) is 3.74. The number of rotatable bonds is 5. The molecular formula is C20H22N4O2S. The quantitative estimate of drug-likeness (QED) is 0.735. The molecule has 6 nitrogen and oxygen atoms in total. The summed E-state index contributed by atoms with van der Waals surface area (Å²) in [6.45, 7) is 2.66. The zero-order valence-corrected chi connectivity index (χ0v) is 16.1. The van der Waals surface area contributed by atoms with Gasteiger partial charge < -0.3 is 5.32 Å². The van der Waals surface area contributed by atoms with Crippen LogP contribution in [0.25, 0.3) is 10.2 Å². The van der Waals surface area contributed by atoms with Gasteiger partial charge in [-0.25, -0.2) is 4.68 Å². The van der Waals surface area contributed by atoms with Gasteiger partial charge in [-0.15, -0.1) is 16.4 Å². The molecule has 2 heterocycles. The minimum Gasteiger partial charge on any atom is -0.354 e. The SMILES string of the molecule is C[C@H]1CCc2c(sc3nnn(CC(=O)NCCc4ccccc4)c(=O)c23)C1. The number of carbonyl (C=O) groups excluding carboxylic acids is 1. The number of hydrogen-bond acceptors (Lipinski definition) is 5. The zero-order valence-electron chi connectivity index (χ0n) is 15.3. The van der Waals surface area contributed by atoms with Crippen molar-refractivity contribution in [3.05, 3.63) is 56.7 Å². The lowest BCUT2D eigenvalue weighted by atomic mass is 9.89. The van der Waals surface area contributed by atoms with E-state index >= 15 is 0 Å². The zero-order chi connectivity index (χ0) is 18.8. The first-order chi connectivity index (χ1) is 13.1. The topological polar surface area (TPSA) is 76.9 Å². The van der Waals surface area contributed by atoms with Gasteiger partial charge in [0.15, 0.2) is 4.83 Å². The third kappa shape index (κ3) is 3.78. The molecule has 1 aliphatic carbocycles. The van der Waals surface area contributed by atoms with Gasteiger partial charge >= 0.3 is 0 Å². The third-order valence-electron chi connectivity index (χ3n) is 5.06. The monoisotopic (exact) mass is 382 g/mol. The molecule has 0 unspecified atom stereocenters.